The molecule has 5 nitrogen and oxygen atoms in total. The third kappa shape index (κ3) is 3.85. The van der Waals surface area contributed by atoms with Crippen molar-refractivity contribution in [3.05, 3.63) is 42.5 Å². The van der Waals surface area contributed by atoms with Gasteiger partial charge < -0.3 is 15.1 Å². The third-order valence-corrected chi connectivity index (χ3v) is 7.03. The molecule has 0 bridgehead atoms. The largest absolute Gasteiger partial charge is 0.385 e. The van der Waals surface area contributed by atoms with Crippen LogP contribution in [0.15, 0.2) is 36.8 Å². The monoisotopic (exact) mass is 370 g/mol. The molecule has 2 fully saturated rings. The molecule has 2 aliphatic heterocycles. The summed E-state index contributed by atoms with van der Waals surface area (Å²) in [7, 11) is 0. The highest BCUT2D eigenvalue weighted by atomic mass is 16.5. The van der Waals surface area contributed by atoms with Gasteiger partial charge in [-0.3, -0.25) is 4.98 Å². The second-order valence-electron chi connectivity index (χ2n) is 8.74. The van der Waals surface area contributed by atoms with Gasteiger partial charge in [0.2, 0.25) is 0 Å². The summed E-state index contributed by atoms with van der Waals surface area (Å²) >= 11 is 0. The van der Waals surface area contributed by atoms with Crippen molar-refractivity contribution in [2.24, 2.45) is 0 Å². The second kappa shape index (κ2) is 7.80. The standard InChI is InChI=1S/C22H34N4O/c1-18-19(2)26(15-14-23-18)25-13-10-21(20-7-3-6-12-24-20)11-16-27-22(17-21)8-4-5-9-22/h3,6-7,12,14-15,18-19,23,25H,4-5,8-11,13,16-17H2,1-2H3/t18-,19-,21?/m0/s1. The van der Waals surface area contributed by atoms with Gasteiger partial charge in [0.05, 0.1) is 11.6 Å². The Hall–Kier alpha value is -1.59. The molecule has 2 N–H and O–H groups in total. The van der Waals surface area contributed by atoms with E-state index >= 15 is 0 Å². The average molecular weight is 371 g/mol. The topological polar surface area (TPSA) is 49.4 Å². The van der Waals surface area contributed by atoms with Crippen LogP contribution in [-0.4, -0.2) is 40.8 Å². The fourth-order valence-electron chi connectivity index (χ4n) is 5.21. The zero-order valence-electron chi connectivity index (χ0n) is 16.8. The molecular weight excluding hydrogens is 336 g/mol. The summed E-state index contributed by atoms with van der Waals surface area (Å²) in [6.45, 7) is 6.29. The van der Waals surface area contributed by atoms with Crippen LogP contribution in [0.1, 0.15) is 64.5 Å². The number of hydrazine groups is 1. The number of pyridine rings is 1. The lowest BCUT2D eigenvalue weighted by Crippen LogP contribution is -2.53. The van der Waals surface area contributed by atoms with E-state index < -0.39 is 0 Å². The summed E-state index contributed by atoms with van der Waals surface area (Å²) in [6.07, 6.45) is 14.4. The molecule has 3 aliphatic rings. The van der Waals surface area contributed by atoms with E-state index in [-0.39, 0.29) is 11.0 Å². The van der Waals surface area contributed by atoms with Crippen LogP contribution in [0.25, 0.3) is 0 Å². The predicted octanol–water partition coefficient (Wildman–Crippen LogP) is 3.49. The van der Waals surface area contributed by atoms with Crippen molar-refractivity contribution >= 4 is 0 Å². The molecule has 148 valence electrons. The molecule has 4 rings (SSSR count). The number of nitrogens with one attached hydrogen (secondary N) is 2. The lowest BCUT2D eigenvalue weighted by atomic mass is 9.68. The fourth-order valence-corrected chi connectivity index (χ4v) is 5.21. The van der Waals surface area contributed by atoms with Gasteiger partial charge in [0.25, 0.3) is 0 Å². The van der Waals surface area contributed by atoms with E-state index in [9.17, 15) is 0 Å². The molecule has 27 heavy (non-hydrogen) atoms. The highest BCUT2D eigenvalue weighted by Gasteiger charge is 2.48. The molecule has 0 radical (unpaired) electrons. The molecule has 1 aliphatic carbocycles. The Labute approximate surface area is 163 Å². The first kappa shape index (κ1) is 18.8. The first-order valence-corrected chi connectivity index (χ1v) is 10.6. The Kier molecular flexibility index (Phi) is 5.42. The molecule has 1 aromatic rings. The summed E-state index contributed by atoms with van der Waals surface area (Å²) in [6, 6.07) is 7.25. The SMILES string of the molecule is C[C@@H]1NC=CN(NCCC2(c3ccccn3)CCOC3(CCCC3)C2)[C@H]1C. The van der Waals surface area contributed by atoms with E-state index in [1.165, 1.54) is 31.4 Å². The van der Waals surface area contributed by atoms with Gasteiger partial charge in [-0.05, 0) is 58.1 Å². The average Bonchev–Trinajstić information content (AvgIpc) is 3.13. The third-order valence-electron chi connectivity index (χ3n) is 7.03. The van der Waals surface area contributed by atoms with Crippen LogP contribution in [0.4, 0.5) is 0 Å². The molecule has 1 spiro atoms. The highest BCUT2D eigenvalue weighted by molar-refractivity contribution is 5.20. The normalized spacial score (nSPS) is 32.6. The predicted molar refractivity (Wildman–Crippen MR) is 108 cm³/mol. The first-order chi connectivity index (χ1) is 13.1. The maximum atomic E-state index is 6.35. The van der Waals surface area contributed by atoms with Crippen LogP contribution in [0.2, 0.25) is 0 Å². The zero-order valence-corrected chi connectivity index (χ0v) is 16.8. The fraction of sp³-hybridized carbons (Fsp3) is 0.682. The van der Waals surface area contributed by atoms with Crippen molar-refractivity contribution in [3.63, 3.8) is 0 Å². The van der Waals surface area contributed by atoms with Crippen LogP contribution in [0.5, 0.6) is 0 Å². The van der Waals surface area contributed by atoms with Gasteiger partial charge in [-0.1, -0.05) is 18.9 Å². The number of hydrogen-bond acceptors (Lipinski definition) is 5. The van der Waals surface area contributed by atoms with Crippen LogP contribution in [0.3, 0.4) is 0 Å². The molecule has 1 saturated carbocycles. The smallest absolute Gasteiger partial charge is 0.0691 e. The number of ether oxygens (including phenoxy) is 1. The van der Waals surface area contributed by atoms with E-state index in [4.69, 9.17) is 9.72 Å². The van der Waals surface area contributed by atoms with Crippen LogP contribution < -0.4 is 10.7 Å². The lowest BCUT2D eigenvalue weighted by Gasteiger charge is -2.47. The Balaban J connectivity index is 1.49. The number of rotatable bonds is 5. The first-order valence-electron chi connectivity index (χ1n) is 10.6. The van der Waals surface area contributed by atoms with Gasteiger partial charge in [0, 0.05) is 48.9 Å². The zero-order chi connectivity index (χ0) is 18.7. The second-order valence-corrected chi connectivity index (χ2v) is 8.74. The quantitative estimate of drug-likeness (QED) is 0.831. The van der Waals surface area contributed by atoms with Gasteiger partial charge in [0.1, 0.15) is 0 Å². The maximum Gasteiger partial charge on any atom is 0.0691 e. The van der Waals surface area contributed by atoms with Crippen molar-refractivity contribution in [2.75, 3.05) is 13.2 Å². The summed E-state index contributed by atoms with van der Waals surface area (Å²) in [5.74, 6) is 0. The van der Waals surface area contributed by atoms with Crippen LogP contribution >= 0.6 is 0 Å². The minimum absolute atomic E-state index is 0.0898. The van der Waals surface area contributed by atoms with Crippen LogP contribution in [-0.2, 0) is 10.2 Å². The minimum Gasteiger partial charge on any atom is -0.385 e. The Bertz CT molecular complexity index is 643. The molecule has 3 atom stereocenters. The lowest BCUT2D eigenvalue weighted by molar-refractivity contribution is -0.104. The molecule has 0 aromatic carbocycles. The minimum atomic E-state index is 0.0898. The van der Waals surface area contributed by atoms with Gasteiger partial charge >= 0.3 is 0 Å². The summed E-state index contributed by atoms with van der Waals surface area (Å²) in [5, 5.41) is 5.63. The van der Waals surface area contributed by atoms with Gasteiger partial charge in [-0.25, -0.2) is 5.43 Å². The molecule has 1 aromatic heterocycles. The molecule has 0 amide bonds. The van der Waals surface area contributed by atoms with Gasteiger partial charge in [-0.2, -0.15) is 0 Å². The Morgan fingerprint density at radius 1 is 1.26 bits per heavy atom. The van der Waals surface area contributed by atoms with Crippen molar-refractivity contribution < 1.29 is 4.74 Å². The number of nitrogens with zero attached hydrogens (tertiary/aromatic N) is 2. The van der Waals surface area contributed by atoms with Crippen molar-refractivity contribution in [2.45, 2.75) is 81.9 Å². The van der Waals surface area contributed by atoms with E-state index in [0.29, 0.717) is 12.1 Å². The molecule has 1 unspecified atom stereocenters. The maximum absolute atomic E-state index is 6.35. The van der Waals surface area contributed by atoms with E-state index in [0.717, 1.165) is 32.4 Å². The van der Waals surface area contributed by atoms with Gasteiger partial charge in [0.15, 0.2) is 0 Å². The molecule has 3 heterocycles. The van der Waals surface area contributed by atoms with Crippen molar-refractivity contribution in [1.29, 1.82) is 0 Å². The summed E-state index contributed by atoms with van der Waals surface area (Å²) in [5.41, 5.74) is 5.11. The summed E-state index contributed by atoms with van der Waals surface area (Å²) in [4.78, 5) is 4.80. The van der Waals surface area contributed by atoms with E-state index in [1.54, 1.807) is 0 Å². The van der Waals surface area contributed by atoms with Crippen molar-refractivity contribution in [1.82, 2.24) is 20.7 Å². The molecule has 1 saturated heterocycles. The Morgan fingerprint density at radius 3 is 2.89 bits per heavy atom. The summed E-state index contributed by atoms with van der Waals surface area (Å²) < 4.78 is 6.35. The van der Waals surface area contributed by atoms with Gasteiger partial charge in [-0.15, -0.1) is 0 Å². The van der Waals surface area contributed by atoms with E-state index in [2.05, 4.69) is 47.9 Å². The number of hydrogen-bond donors (Lipinski definition) is 2. The Morgan fingerprint density at radius 2 is 2.11 bits per heavy atom. The van der Waals surface area contributed by atoms with Crippen LogP contribution in [0, 0.1) is 0 Å². The number of aromatic nitrogens is 1. The molecular formula is C22H34N4O. The van der Waals surface area contributed by atoms with Crippen molar-refractivity contribution in [3.8, 4) is 0 Å². The molecule has 5 heteroatoms. The van der Waals surface area contributed by atoms with E-state index in [1.807, 2.05) is 18.5 Å². The highest BCUT2D eigenvalue weighted by Crippen LogP contribution is 2.49.